The molecule has 0 aliphatic carbocycles. The molecule has 1 saturated heterocycles. The minimum atomic E-state index is 0.426. The molecule has 1 aromatic rings. The van der Waals surface area contributed by atoms with Crippen molar-refractivity contribution in [2.45, 2.75) is 25.5 Å². The van der Waals surface area contributed by atoms with Crippen LogP contribution in [0.1, 0.15) is 17.7 Å². The number of hydrogen-bond donors (Lipinski definition) is 1. The minimum Gasteiger partial charge on any atom is -0.381 e. The summed E-state index contributed by atoms with van der Waals surface area (Å²) < 4.78 is 5.34. The number of rotatable bonds is 3. The quantitative estimate of drug-likeness (QED) is 0.843. The van der Waals surface area contributed by atoms with Crippen LogP contribution in [0.3, 0.4) is 0 Å². The van der Waals surface area contributed by atoms with Crippen LogP contribution in [0.25, 0.3) is 0 Å². The van der Waals surface area contributed by atoms with E-state index in [0.29, 0.717) is 12.6 Å². The fourth-order valence-electron chi connectivity index (χ4n) is 1.82. The first-order valence-electron chi connectivity index (χ1n) is 5.26. The Labute approximate surface area is 94.1 Å². The number of nitrogens with zero attached hydrogens (tertiary/aromatic N) is 2. The lowest BCUT2D eigenvalue weighted by atomic mass is 10.1. The lowest BCUT2D eigenvalue weighted by molar-refractivity contribution is 0.0819. The Morgan fingerprint density at radius 1 is 1.60 bits per heavy atom. The lowest BCUT2D eigenvalue weighted by Crippen LogP contribution is -2.36. The smallest absolute Gasteiger partial charge is 0.185 e. The summed E-state index contributed by atoms with van der Waals surface area (Å²) in [4.78, 5) is 7.86. The molecule has 1 aromatic heterocycles. The van der Waals surface area contributed by atoms with E-state index in [4.69, 9.17) is 10.5 Å². The first kappa shape index (κ1) is 10.9. The predicted molar refractivity (Wildman–Crippen MR) is 62.2 cm³/mol. The topological polar surface area (TPSA) is 51.4 Å². The third-order valence-electron chi connectivity index (χ3n) is 2.79. The first-order chi connectivity index (χ1) is 7.33. The van der Waals surface area contributed by atoms with E-state index in [1.807, 2.05) is 6.20 Å². The van der Waals surface area contributed by atoms with Crippen molar-refractivity contribution in [1.82, 2.24) is 4.98 Å². The Morgan fingerprint density at radius 2 is 2.33 bits per heavy atom. The summed E-state index contributed by atoms with van der Waals surface area (Å²) >= 11 is 1.70. The fraction of sp³-hybridized carbons (Fsp3) is 0.700. The van der Waals surface area contributed by atoms with Gasteiger partial charge in [-0.05, 0) is 12.8 Å². The predicted octanol–water partition coefficient (Wildman–Crippen LogP) is 1.22. The summed E-state index contributed by atoms with van der Waals surface area (Å²) in [7, 11) is 1.79. The maximum atomic E-state index is 5.57. The van der Waals surface area contributed by atoms with Crippen molar-refractivity contribution in [2.75, 3.05) is 25.1 Å². The van der Waals surface area contributed by atoms with Gasteiger partial charge in [-0.2, -0.15) is 0 Å². The van der Waals surface area contributed by atoms with Gasteiger partial charge in [-0.1, -0.05) is 0 Å². The zero-order valence-corrected chi connectivity index (χ0v) is 9.80. The van der Waals surface area contributed by atoms with Crippen molar-refractivity contribution >= 4 is 16.5 Å². The summed E-state index contributed by atoms with van der Waals surface area (Å²) in [5, 5.41) is 1.10. The average Bonchev–Trinajstić information content (AvgIpc) is 2.78. The number of piperidine rings is 1. The number of nitrogens with two attached hydrogens (primary N) is 1. The molecule has 2 rings (SSSR count). The second-order valence-corrected chi connectivity index (χ2v) is 4.83. The highest BCUT2D eigenvalue weighted by molar-refractivity contribution is 7.15. The minimum absolute atomic E-state index is 0.426. The van der Waals surface area contributed by atoms with Crippen LogP contribution in [-0.4, -0.2) is 31.3 Å². The summed E-state index contributed by atoms with van der Waals surface area (Å²) in [6, 6.07) is 0. The number of methoxy groups -OCH3 is 1. The van der Waals surface area contributed by atoms with Crippen molar-refractivity contribution in [3.05, 3.63) is 11.1 Å². The van der Waals surface area contributed by atoms with Crippen LogP contribution in [0.2, 0.25) is 0 Å². The highest BCUT2D eigenvalue weighted by atomic mass is 32.1. The average molecular weight is 227 g/mol. The van der Waals surface area contributed by atoms with Gasteiger partial charge in [0.2, 0.25) is 0 Å². The normalized spacial score (nSPS) is 18.4. The van der Waals surface area contributed by atoms with Gasteiger partial charge in [-0.25, -0.2) is 4.98 Å². The standard InChI is InChI=1S/C10H17N3OS/c1-14-8-2-4-13(5-3-8)10-12-7-9(6-11)15-10/h7-8H,2-6,11H2,1H3. The van der Waals surface area contributed by atoms with Crippen molar-refractivity contribution in [2.24, 2.45) is 5.73 Å². The van der Waals surface area contributed by atoms with Crippen molar-refractivity contribution < 1.29 is 4.74 Å². The number of thiazole rings is 1. The zero-order chi connectivity index (χ0) is 10.7. The molecule has 0 spiro atoms. The van der Waals surface area contributed by atoms with Crippen LogP contribution < -0.4 is 10.6 Å². The molecule has 0 radical (unpaired) electrons. The first-order valence-corrected chi connectivity index (χ1v) is 6.07. The third kappa shape index (κ3) is 2.48. The van der Waals surface area contributed by atoms with Crippen LogP contribution in [-0.2, 0) is 11.3 Å². The molecule has 0 saturated carbocycles. The van der Waals surface area contributed by atoms with Crippen molar-refractivity contribution in [3.8, 4) is 0 Å². The number of anilines is 1. The van der Waals surface area contributed by atoms with Gasteiger partial charge in [0.05, 0.1) is 6.10 Å². The van der Waals surface area contributed by atoms with Crippen LogP contribution in [0.5, 0.6) is 0 Å². The van der Waals surface area contributed by atoms with Crippen LogP contribution in [0.4, 0.5) is 5.13 Å². The highest BCUT2D eigenvalue weighted by Crippen LogP contribution is 2.25. The van der Waals surface area contributed by atoms with Crippen molar-refractivity contribution in [1.29, 1.82) is 0 Å². The van der Waals surface area contributed by atoms with Gasteiger partial charge in [0.15, 0.2) is 5.13 Å². The molecule has 4 nitrogen and oxygen atoms in total. The van der Waals surface area contributed by atoms with Crippen molar-refractivity contribution in [3.63, 3.8) is 0 Å². The van der Waals surface area contributed by atoms with Gasteiger partial charge in [0.1, 0.15) is 0 Å². The molecule has 0 atom stereocenters. The molecular weight excluding hydrogens is 210 g/mol. The van der Waals surface area contributed by atoms with E-state index in [1.165, 1.54) is 0 Å². The Bertz CT molecular complexity index is 307. The van der Waals surface area contributed by atoms with E-state index in [9.17, 15) is 0 Å². The van der Waals surface area contributed by atoms with Gasteiger partial charge in [-0.15, -0.1) is 11.3 Å². The highest BCUT2D eigenvalue weighted by Gasteiger charge is 2.20. The Hall–Kier alpha value is -0.650. The van der Waals surface area contributed by atoms with E-state index in [-0.39, 0.29) is 0 Å². The Balaban J connectivity index is 1.95. The molecule has 5 heteroatoms. The van der Waals surface area contributed by atoms with Crippen LogP contribution in [0, 0.1) is 0 Å². The molecule has 0 unspecified atom stereocenters. The number of ether oxygens (including phenoxy) is 1. The summed E-state index contributed by atoms with van der Waals surface area (Å²) in [5.41, 5.74) is 5.57. The summed E-state index contributed by atoms with van der Waals surface area (Å²) in [6.45, 7) is 2.66. The molecule has 2 N–H and O–H groups in total. The van der Waals surface area contributed by atoms with E-state index < -0.39 is 0 Å². The molecule has 1 aliphatic rings. The fourth-order valence-corrected chi connectivity index (χ4v) is 2.66. The molecule has 1 fully saturated rings. The molecular formula is C10H17N3OS. The number of aromatic nitrogens is 1. The second-order valence-electron chi connectivity index (χ2n) is 3.74. The van der Waals surface area contributed by atoms with Crippen LogP contribution >= 0.6 is 11.3 Å². The van der Waals surface area contributed by atoms with Crippen LogP contribution in [0.15, 0.2) is 6.20 Å². The molecule has 2 heterocycles. The van der Waals surface area contributed by atoms with E-state index in [1.54, 1.807) is 18.4 Å². The molecule has 0 bridgehead atoms. The maximum absolute atomic E-state index is 5.57. The molecule has 0 amide bonds. The van der Waals surface area contributed by atoms with E-state index >= 15 is 0 Å². The molecule has 0 aromatic carbocycles. The van der Waals surface area contributed by atoms with E-state index in [2.05, 4.69) is 9.88 Å². The van der Waals surface area contributed by atoms with E-state index in [0.717, 1.165) is 35.9 Å². The summed E-state index contributed by atoms with van der Waals surface area (Å²) in [6.07, 6.45) is 4.49. The molecule has 84 valence electrons. The van der Waals surface area contributed by atoms with Gasteiger partial charge in [0, 0.05) is 37.8 Å². The van der Waals surface area contributed by atoms with Gasteiger partial charge >= 0.3 is 0 Å². The zero-order valence-electron chi connectivity index (χ0n) is 8.98. The third-order valence-corrected chi connectivity index (χ3v) is 3.87. The lowest BCUT2D eigenvalue weighted by Gasteiger charge is -2.30. The second kappa shape index (κ2) is 4.92. The van der Waals surface area contributed by atoms with Gasteiger partial charge < -0.3 is 15.4 Å². The number of hydrogen-bond acceptors (Lipinski definition) is 5. The Morgan fingerprint density at radius 3 is 2.87 bits per heavy atom. The molecule has 1 aliphatic heterocycles. The van der Waals surface area contributed by atoms with Gasteiger partial charge in [0.25, 0.3) is 0 Å². The molecule has 15 heavy (non-hydrogen) atoms. The SMILES string of the molecule is COC1CCN(c2ncc(CN)s2)CC1. The largest absolute Gasteiger partial charge is 0.381 e. The van der Waals surface area contributed by atoms with Gasteiger partial charge in [-0.3, -0.25) is 0 Å². The summed E-state index contributed by atoms with van der Waals surface area (Å²) in [5.74, 6) is 0. The monoisotopic (exact) mass is 227 g/mol. The Kier molecular flexibility index (Phi) is 3.56. The maximum Gasteiger partial charge on any atom is 0.185 e.